The van der Waals surface area contributed by atoms with Crippen LogP contribution in [0.5, 0.6) is 5.75 Å². The summed E-state index contributed by atoms with van der Waals surface area (Å²) in [6.45, 7) is 9.02. The van der Waals surface area contributed by atoms with Gasteiger partial charge >= 0.3 is 0 Å². The average Bonchev–Trinajstić information content (AvgIpc) is 2.84. The van der Waals surface area contributed by atoms with Gasteiger partial charge in [0.05, 0.1) is 25.0 Å². The molecule has 1 N–H and O–H groups in total. The molecule has 2 aliphatic rings. The van der Waals surface area contributed by atoms with Crippen LogP contribution in [0.25, 0.3) is 0 Å². The maximum atomic E-state index is 9.75. The van der Waals surface area contributed by atoms with E-state index in [1.807, 2.05) is 18.2 Å². The van der Waals surface area contributed by atoms with Crippen LogP contribution in [0.15, 0.2) is 36.4 Å². The molecule has 6 nitrogen and oxygen atoms in total. The molecule has 0 amide bonds. The van der Waals surface area contributed by atoms with Crippen LogP contribution in [0.4, 0.5) is 17.1 Å². The Bertz CT molecular complexity index is 907. The largest absolute Gasteiger partial charge is 0.497 e. The Balaban J connectivity index is 1.44. The first-order valence-electron chi connectivity index (χ1n) is 11.3. The molecule has 2 heterocycles. The van der Waals surface area contributed by atoms with E-state index < -0.39 is 0 Å². The van der Waals surface area contributed by atoms with Gasteiger partial charge in [-0.1, -0.05) is 6.42 Å². The molecule has 2 saturated heterocycles. The summed E-state index contributed by atoms with van der Waals surface area (Å²) in [5.41, 5.74) is 5.38. The number of nitriles is 1. The highest BCUT2D eigenvalue weighted by Crippen LogP contribution is 2.32. The second-order valence-electron chi connectivity index (χ2n) is 8.43. The Morgan fingerprint density at radius 1 is 0.903 bits per heavy atom. The zero-order valence-electron chi connectivity index (χ0n) is 18.7. The fourth-order valence-electron chi connectivity index (χ4n) is 4.69. The topological polar surface area (TPSA) is 54.8 Å². The molecule has 0 unspecified atom stereocenters. The van der Waals surface area contributed by atoms with Crippen molar-refractivity contribution in [2.45, 2.75) is 26.2 Å². The molecule has 0 spiro atoms. The van der Waals surface area contributed by atoms with Gasteiger partial charge in [0.2, 0.25) is 0 Å². The van der Waals surface area contributed by atoms with Gasteiger partial charge in [-0.25, -0.2) is 0 Å². The summed E-state index contributed by atoms with van der Waals surface area (Å²) in [6, 6.07) is 14.7. The van der Waals surface area contributed by atoms with Crippen LogP contribution >= 0.6 is 0 Å². The molecule has 2 aliphatic heterocycles. The zero-order valence-corrected chi connectivity index (χ0v) is 18.7. The Hall–Kier alpha value is -2.91. The first-order valence-corrected chi connectivity index (χ1v) is 11.3. The van der Waals surface area contributed by atoms with Gasteiger partial charge in [0.1, 0.15) is 11.8 Å². The minimum Gasteiger partial charge on any atom is -0.497 e. The Morgan fingerprint density at radius 2 is 1.58 bits per heavy atom. The van der Waals surface area contributed by atoms with Gasteiger partial charge in [0.15, 0.2) is 0 Å². The van der Waals surface area contributed by atoms with E-state index in [0.29, 0.717) is 0 Å². The SMILES string of the molecule is COc1ccc(N2CCN(c3c(C#N)ccc(NCN4CCCCC4)c3C)CC2)cc1. The third-order valence-electron chi connectivity index (χ3n) is 6.53. The van der Waals surface area contributed by atoms with Crippen LogP contribution in [0, 0.1) is 18.3 Å². The molecular formula is C25H33N5O. The molecule has 4 rings (SSSR count). The molecule has 0 atom stereocenters. The standard InChI is InChI=1S/C25H33N5O/c1-20-24(27-19-28-12-4-3-5-13-28)11-6-21(18-26)25(20)30-16-14-29(15-17-30)22-7-9-23(31-2)10-8-22/h6-11,27H,3-5,12-17,19H2,1-2H3. The molecule has 0 saturated carbocycles. The Labute approximate surface area is 186 Å². The molecule has 31 heavy (non-hydrogen) atoms. The highest BCUT2D eigenvalue weighted by Gasteiger charge is 2.22. The van der Waals surface area contributed by atoms with Gasteiger partial charge in [-0.05, 0) is 74.8 Å². The van der Waals surface area contributed by atoms with Crippen molar-refractivity contribution in [1.82, 2.24) is 4.90 Å². The molecule has 0 aromatic heterocycles. The second kappa shape index (κ2) is 9.93. The highest BCUT2D eigenvalue weighted by atomic mass is 16.5. The van der Waals surface area contributed by atoms with Crippen LogP contribution in [0.3, 0.4) is 0 Å². The molecule has 6 heteroatoms. The molecule has 2 aromatic rings. The maximum Gasteiger partial charge on any atom is 0.119 e. The molecule has 164 valence electrons. The first-order chi connectivity index (χ1) is 15.2. The van der Waals surface area contributed by atoms with Gasteiger partial charge in [-0.15, -0.1) is 0 Å². The van der Waals surface area contributed by atoms with Crippen LogP contribution in [-0.4, -0.2) is 57.9 Å². The Kier molecular flexibility index (Phi) is 6.83. The third kappa shape index (κ3) is 4.88. The monoisotopic (exact) mass is 419 g/mol. The summed E-state index contributed by atoms with van der Waals surface area (Å²) in [6.07, 6.45) is 3.93. The number of methoxy groups -OCH3 is 1. The predicted molar refractivity (Wildman–Crippen MR) is 127 cm³/mol. The summed E-state index contributed by atoms with van der Waals surface area (Å²) in [5, 5.41) is 13.4. The van der Waals surface area contributed by atoms with Crippen LogP contribution in [-0.2, 0) is 0 Å². The van der Waals surface area contributed by atoms with Gasteiger partial charge in [-0.3, -0.25) is 4.90 Å². The number of benzene rings is 2. The number of piperidine rings is 1. The van der Waals surface area contributed by atoms with E-state index in [4.69, 9.17) is 4.74 Å². The van der Waals surface area contributed by atoms with Crippen LogP contribution in [0.1, 0.15) is 30.4 Å². The van der Waals surface area contributed by atoms with Crippen LogP contribution < -0.4 is 19.9 Å². The number of hydrogen-bond acceptors (Lipinski definition) is 6. The van der Waals surface area contributed by atoms with E-state index in [0.717, 1.165) is 55.5 Å². The second-order valence-corrected chi connectivity index (χ2v) is 8.43. The third-order valence-corrected chi connectivity index (χ3v) is 6.53. The zero-order chi connectivity index (χ0) is 21.6. The molecule has 0 aliphatic carbocycles. The maximum absolute atomic E-state index is 9.75. The number of anilines is 3. The normalized spacial score (nSPS) is 17.3. The average molecular weight is 420 g/mol. The summed E-state index contributed by atoms with van der Waals surface area (Å²) < 4.78 is 5.27. The lowest BCUT2D eigenvalue weighted by Gasteiger charge is -2.38. The number of ether oxygens (including phenoxy) is 1. The lowest BCUT2D eigenvalue weighted by atomic mass is 10.0. The number of piperazine rings is 1. The predicted octanol–water partition coefficient (Wildman–Crippen LogP) is 4.06. The molecule has 0 bridgehead atoms. The van der Waals surface area contributed by atoms with Crippen molar-refractivity contribution >= 4 is 17.1 Å². The minimum absolute atomic E-state index is 0.763. The summed E-state index contributed by atoms with van der Waals surface area (Å²) in [7, 11) is 1.69. The minimum atomic E-state index is 0.763. The molecule has 2 fully saturated rings. The number of rotatable bonds is 6. The number of hydrogen-bond donors (Lipinski definition) is 1. The van der Waals surface area contributed by atoms with Gasteiger partial charge in [0, 0.05) is 37.6 Å². The van der Waals surface area contributed by atoms with Crippen molar-refractivity contribution in [2.75, 3.05) is 68.2 Å². The number of likely N-dealkylation sites (tertiary alicyclic amines) is 1. The van der Waals surface area contributed by atoms with Gasteiger partial charge in [0.25, 0.3) is 0 Å². The van der Waals surface area contributed by atoms with Crippen LogP contribution in [0.2, 0.25) is 0 Å². The quantitative estimate of drug-likeness (QED) is 0.762. The fraction of sp³-hybridized carbons (Fsp3) is 0.480. The first kappa shape index (κ1) is 21.3. The summed E-state index contributed by atoms with van der Waals surface area (Å²) in [5.74, 6) is 0.880. The van der Waals surface area contributed by atoms with Crippen molar-refractivity contribution < 1.29 is 4.74 Å². The van der Waals surface area contributed by atoms with Crippen molar-refractivity contribution in [3.05, 3.63) is 47.5 Å². The Morgan fingerprint density at radius 3 is 2.23 bits per heavy atom. The summed E-state index contributed by atoms with van der Waals surface area (Å²) >= 11 is 0. The van der Waals surface area contributed by atoms with Gasteiger partial charge in [-0.2, -0.15) is 5.26 Å². The van der Waals surface area contributed by atoms with E-state index in [9.17, 15) is 5.26 Å². The van der Waals surface area contributed by atoms with Crippen molar-refractivity contribution in [3.63, 3.8) is 0 Å². The lowest BCUT2D eigenvalue weighted by Crippen LogP contribution is -2.47. The van der Waals surface area contributed by atoms with E-state index in [-0.39, 0.29) is 0 Å². The van der Waals surface area contributed by atoms with E-state index >= 15 is 0 Å². The molecule has 2 aromatic carbocycles. The van der Waals surface area contributed by atoms with Crippen molar-refractivity contribution in [3.8, 4) is 11.8 Å². The summed E-state index contributed by atoms with van der Waals surface area (Å²) in [4.78, 5) is 7.25. The smallest absolute Gasteiger partial charge is 0.119 e. The van der Waals surface area contributed by atoms with Crippen molar-refractivity contribution in [1.29, 1.82) is 5.26 Å². The molecule has 0 radical (unpaired) electrons. The van der Waals surface area contributed by atoms with E-state index in [1.54, 1.807) is 7.11 Å². The van der Waals surface area contributed by atoms with Gasteiger partial charge < -0.3 is 19.9 Å². The van der Waals surface area contributed by atoms with E-state index in [2.05, 4.69) is 51.2 Å². The highest BCUT2D eigenvalue weighted by molar-refractivity contribution is 5.73. The lowest BCUT2D eigenvalue weighted by molar-refractivity contribution is 0.243. The van der Waals surface area contributed by atoms with Crippen molar-refractivity contribution in [2.24, 2.45) is 0 Å². The number of nitrogens with zero attached hydrogens (tertiary/aromatic N) is 4. The molecular weight excluding hydrogens is 386 g/mol. The van der Waals surface area contributed by atoms with E-state index in [1.165, 1.54) is 43.6 Å². The number of nitrogens with one attached hydrogen (secondary N) is 1. The fourth-order valence-corrected chi connectivity index (χ4v) is 4.69.